The number of likely N-dealkylation sites (tertiary alicyclic amines) is 1. The summed E-state index contributed by atoms with van der Waals surface area (Å²) in [5.41, 5.74) is 0.742. The first-order chi connectivity index (χ1) is 11.6. The van der Waals surface area contributed by atoms with Gasteiger partial charge in [0.25, 0.3) is 5.69 Å². The molecule has 0 spiro atoms. The third-order valence-corrected chi connectivity index (χ3v) is 4.56. The molecule has 0 aliphatic carbocycles. The fraction of sp³-hybridized carbons (Fsp3) is 0.529. The van der Waals surface area contributed by atoms with Gasteiger partial charge in [0, 0.05) is 17.7 Å². The van der Waals surface area contributed by atoms with Gasteiger partial charge in [-0.25, -0.2) is 0 Å². The van der Waals surface area contributed by atoms with Gasteiger partial charge in [0.05, 0.1) is 11.0 Å². The molecule has 0 saturated carbocycles. The van der Waals surface area contributed by atoms with Crippen molar-refractivity contribution in [1.29, 1.82) is 0 Å². The monoisotopic (exact) mass is 330 g/mol. The normalized spacial score (nSPS) is 17.9. The fourth-order valence-corrected chi connectivity index (χ4v) is 3.06. The van der Waals surface area contributed by atoms with Crippen LogP contribution in [0.2, 0.25) is 0 Å². The molecule has 3 rings (SSSR count). The summed E-state index contributed by atoms with van der Waals surface area (Å²) in [5, 5.41) is 19.0. The Morgan fingerprint density at radius 3 is 2.33 bits per heavy atom. The maximum atomic E-state index is 10.7. The van der Waals surface area contributed by atoms with Crippen molar-refractivity contribution in [2.24, 2.45) is 0 Å². The number of rotatable bonds is 4. The van der Waals surface area contributed by atoms with Gasteiger partial charge in [-0.15, -0.1) is 10.2 Å². The summed E-state index contributed by atoms with van der Waals surface area (Å²) in [5.74, 6) is 1.00. The number of benzene rings is 1. The summed E-state index contributed by atoms with van der Waals surface area (Å²) >= 11 is 0. The van der Waals surface area contributed by atoms with Crippen molar-refractivity contribution in [3.63, 3.8) is 0 Å². The van der Waals surface area contributed by atoms with E-state index in [0.29, 0.717) is 17.3 Å². The van der Waals surface area contributed by atoms with Gasteiger partial charge in [-0.05, 0) is 45.0 Å². The summed E-state index contributed by atoms with van der Waals surface area (Å²) in [6, 6.07) is 6.25. The molecule has 1 aliphatic heterocycles. The molecule has 2 heterocycles. The van der Waals surface area contributed by atoms with E-state index in [1.807, 2.05) is 0 Å². The van der Waals surface area contributed by atoms with E-state index in [0.717, 1.165) is 13.1 Å². The van der Waals surface area contributed by atoms with E-state index in [2.05, 4.69) is 22.0 Å². The zero-order valence-electron chi connectivity index (χ0n) is 13.9. The maximum Gasteiger partial charge on any atom is 0.269 e. The molecular formula is C17H22N4O3. The quantitative estimate of drug-likeness (QED) is 0.623. The van der Waals surface area contributed by atoms with Crippen LogP contribution in [0.15, 0.2) is 28.7 Å². The second kappa shape index (κ2) is 7.53. The number of aromatic nitrogens is 2. The van der Waals surface area contributed by atoms with Crippen molar-refractivity contribution < 1.29 is 9.34 Å². The van der Waals surface area contributed by atoms with Gasteiger partial charge in [0.15, 0.2) is 0 Å². The molecule has 0 N–H and O–H groups in total. The lowest BCUT2D eigenvalue weighted by Gasteiger charge is -2.28. The lowest BCUT2D eigenvalue weighted by Crippen LogP contribution is -2.30. The van der Waals surface area contributed by atoms with Crippen LogP contribution in [0.5, 0.6) is 0 Å². The largest absolute Gasteiger partial charge is 0.419 e. The van der Waals surface area contributed by atoms with Gasteiger partial charge in [0.2, 0.25) is 11.8 Å². The number of nitrogens with zero attached hydrogens (tertiary/aromatic N) is 4. The molecule has 24 heavy (non-hydrogen) atoms. The van der Waals surface area contributed by atoms with E-state index in [-0.39, 0.29) is 11.7 Å². The Hall–Kier alpha value is -2.28. The molecule has 0 amide bonds. The first-order valence-corrected chi connectivity index (χ1v) is 8.47. The van der Waals surface area contributed by atoms with E-state index in [1.165, 1.54) is 44.2 Å². The molecule has 1 aliphatic rings. The van der Waals surface area contributed by atoms with Crippen molar-refractivity contribution in [1.82, 2.24) is 15.1 Å². The Bertz CT molecular complexity index is 675. The van der Waals surface area contributed by atoms with Crippen molar-refractivity contribution in [3.05, 3.63) is 40.3 Å². The summed E-state index contributed by atoms with van der Waals surface area (Å²) in [6.45, 7) is 4.20. The Kier molecular flexibility index (Phi) is 5.20. The summed E-state index contributed by atoms with van der Waals surface area (Å²) in [7, 11) is 0. The molecule has 1 saturated heterocycles. The molecule has 128 valence electrons. The summed E-state index contributed by atoms with van der Waals surface area (Å²) in [4.78, 5) is 12.7. The van der Waals surface area contributed by atoms with Gasteiger partial charge >= 0.3 is 0 Å². The molecule has 1 atom stereocenters. The molecule has 1 aromatic heterocycles. The van der Waals surface area contributed by atoms with Crippen molar-refractivity contribution >= 4 is 5.69 Å². The maximum absolute atomic E-state index is 10.7. The third kappa shape index (κ3) is 3.79. The van der Waals surface area contributed by atoms with Crippen LogP contribution in [0.3, 0.4) is 0 Å². The zero-order chi connectivity index (χ0) is 16.9. The molecule has 0 unspecified atom stereocenters. The summed E-state index contributed by atoms with van der Waals surface area (Å²) < 4.78 is 5.82. The molecule has 2 aromatic rings. The van der Waals surface area contributed by atoms with Gasteiger partial charge < -0.3 is 4.42 Å². The Balaban J connectivity index is 1.72. The van der Waals surface area contributed by atoms with Crippen LogP contribution in [0.1, 0.15) is 51.0 Å². The highest BCUT2D eigenvalue weighted by Crippen LogP contribution is 2.26. The van der Waals surface area contributed by atoms with Crippen molar-refractivity contribution in [2.45, 2.75) is 45.1 Å². The van der Waals surface area contributed by atoms with E-state index >= 15 is 0 Å². The number of nitro benzene ring substituents is 1. The number of hydrogen-bond donors (Lipinski definition) is 0. The molecule has 7 nitrogen and oxygen atoms in total. The van der Waals surface area contributed by atoms with Crippen LogP contribution in [0.25, 0.3) is 11.5 Å². The standard InChI is InChI=1S/C17H22N4O3/c1-13(20-11-5-3-2-4-6-12-20)16-18-19-17(24-16)14-7-9-15(10-8-14)21(22)23/h7-10,13H,2-6,11-12H2,1H3/t13-/m0/s1. The molecule has 1 fully saturated rings. The number of non-ortho nitro benzene ring substituents is 1. The Morgan fingerprint density at radius 1 is 1.08 bits per heavy atom. The second-order valence-electron chi connectivity index (χ2n) is 6.23. The first-order valence-electron chi connectivity index (χ1n) is 8.47. The highest BCUT2D eigenvalue weighted by atomic mass is 16.6. The van der Waals surface area contributed by atoms with E-state index in [9.17, 15) is 10.1 Å². The Morgan fingerprint density at radius 2 is 1.71 bits per heavy atom. The average molecular weight is 330 g/mol. The molecule has 0 radical (unpaired) electrons. The van der Waals surface area contributed by atoms with E-state index in [1.54, 1.807) is 12.1 Å². The minimum atomic E-state index is -0.424. The van der Waals surface area contributed by atoms with Crippen molar-refractivity contribution in [2.75, 3.05) is 13.1 Å². The van der Waals surface area contributed by atoms with Crippen molar-refractivity contribution in [3.8, 4) is 11.5 Å². The van der Waals surface area contributed by atoms with Gasteiger partial charge in [-0.1, -0.05) is 19.3 Å². The van der Waals surface area contributed by atoms with Crippen LogP contribution in [0.4, 0.5) is 5.69 Å². The molecular weight excluding hydrogens is 308 g/mol. The van der Waals surface area contributed by atoms with Crippen LogP contribution in [-0.2, 0) is 0 Å². The fourth-order valence-electron chi connectivity index (χ4n) is 3.06. The van der Waals surface area contributed by atoms with Gasteiger partial charge in [-0.2, -0.15) is 0 Å². The second-order valence-corrected chi connectivity index (χ2v) is 6.23. The number of hydrogen-bond acceptors (Lipinski definition) is 6. The molecule has 0 bridgehead atoms. The highest BCUT2D eigenvalue weighted by Gasteiger charge is 2.22. The first kappa shape index (κ1) is 16.6. The molecule has 1 aromatic carbocycles. The van der Waals surface area contributed by atoms with E-state index in [4.69, 9.17) is 4.42 Å². The SMILES string of the molecule is C[C@@H](c1nnc(-c2ccc([N+](=O)[O-])cc2)o1)N1CCCCCCC1. The van der Waals surface area contributed by atoms with Crippen LogP contribution in [-0.4, -0.2) is 33.1 Å². The van der Waals surface area contributed by atoms with E-state index < -0.39 is 4.92 Å². The predicted molar refractivity (Wildman–Crippen MR) is 89.5 cm³/mol. The minimum Gasteiger partial charge on any atom is -0.419 e. The Labute approximate surface area is 140 Å². The summed E-state index contributed by atoms with van der Waals surface area (Å²) in [6.07, 6.45) is 6.29. The minimum absolute atomic E-state index is 0.0486. The lowest BCUT2D eigenvalue weighted by atomic mass is 10.1. The third-order valence-electron chi connectivity index (χ3n) is 4.56. The molecule has 7 heteroatoms. The van der Waals surface area contributed by atoms with Gasteiger partial charge in [0.1, 0.15) is 0 Å². The smallest absolute Gasteiger partial charge is 0.269 e. The van der Waals surface area contributed by atoms with Crippen LogP contribution >= 0.6 is 0 Å². The van der Waals surface area contributed by atoms with Crippen LogP contribution < -0.4 is 0 Å². The number of nitro groups is 1. The highest BCUT2D eigenvalue weighted by molar-refractivity contribution is 5.55. The zero-order valence-corrected chi connectivity index (χ0v) is 13.9. The topological polar surface area (TPSA) is 85.3 Å². The predicted octanol–water partition coefficient (Wildman–Crippen LogP) is 3.97. The van der Waals surface area contributed by atoms with Gasteiger partial charge in [-0.3, -0.25) is 15.0 Å². The lowest BCUT2D eigenvalue weighted by molar-refractivity contribution is -0.384. The van der Waals surface area contributed by atoms with Crippen LogP contribution in [0, 0.1) is 10.1 Å². The average Bonchev–Trinajstić information content (AvgIpc) is 3.04.